The highest BCUT2D eigenvalue weighted by atomic mass is 32.2. The molecule has 218 valence electrons. The average molecular weight is 597 g/mol. The quantitative estimate of drug-likeness (QED) is 0.178. The fourth-order valence-electron chi connectivity index (χ4n) is 4.88. The molecule has 4 atom stereocenters. The highest BCUT2D eigenvalue weighted by Crippen LogP contribution is 2.44. The summed E-state index contributed by atoms with van der Waals surface area (Å²) >= 11 is 0. The Bertz CT molecular complexity index is 1760. The molecular formula is C26H24N6O9S. The number of hydrogen-bond acceptors (Lipinski definition) is 12. The van der Waals surface area contributed by atoms with E-state index < -0.39 is 52.0 Å². The molecule has 0 aliphatic carbocycles. The molecule has 2 aromatic carbocycles. The molecule has 4 aromatic rings. The number of anilines is 1. The number of nitro benzene ring substituents is 1. The van der Waals surface area contributed by atoms with Crippen LogP contribution in [0.25, 0.3) is 11.2 Å². The van der Waals surface area contributed by atoms with Crippen LogP contribution in [0.5, 0.6) is 0 Å². The zero-order valence-corrected chi connectivity index (χ0v) is 23.0. The van der Waals surface area contributed by atoms with E-state index in [0.29, 0.717) is 16.7 Å². The lowest BCUT2D eigenvalue weighted by Crippen LogP contribution is -2.33. The normalized spacial score (nSPS) is 23.1. The van der Waals surface area contributed by atoms with Crippen LogP contribution < -0.4 is 5.32 Å². The van der Waals surface area contributed by atoms with Gasteiger partial charge in [-0.1, -0.05) is 18.2 Å². The number of carbonyl (C=O) groups is 1. The van der Waals surface area contributed by atoms with Crippen molar-refractivity contribution in [1.82, 2.24) is 19.5 Å². The third-order valence-electron chi connectivity index (χ3n) is 6.75. The fourth-order valence-corrected chi connectivity index (χ4v) is 5.79. The molecule has 0 saturated carbocycles. The second-order valence-electron chi connectivity index (χ2n) is 9.99. The van der Waals surface area contributed by atoms with Crippen LogP contribution in [0.4, 0.5) is 11.5 Å². The molecule has 1 amide bonds. The van der Waals surface area contributed by atoms with Crippen molar-refractivity contribution in [3.05, 3.63) is 82.9 Å². The number of amides is 1. The molecule has 0 unspecified atom stereocenters. The van der Waals surface area contributed by atoms with E-state index in [4.69, 9.17) is 18.4 Å². The molecule has 2 saturated heterocycles. The number of aromatic nitrogens is 4. The lowest BCUT2D eigenvalue weighted by molar-refractivity contribution is -0.384. The number of hydrogen-bond donors (Lipinski definition) is 1. The predicted octanol–water partition coefficient (Wildman–Crippen LogP) is 2.81. The van der Waals surface area contributed by atoms with Crippen LogP contribution in [0.2, 0.25) is 0 Å². The van der Waals surface area contributed by atoms with Crippen LogP contribution in [-0.4, -0.2) is 69.5 Å². The van der Waals surface area contributed by atoms with E-state index in [1.165, 1.54) is 12.7 Å². The lowest BCUT2D eigenvalue weighted by Gasteiger charge is -2.24. The maximum atomic E-state index is 12.8. The average Bonchev–Trinajstić information content (AvgIpc) is 3.63. The van der Waals surface area contributed by atoms with E-state index in [0.717, 1.165) is 24.3 Å². The van der Waals surface area contributed by atoms with Gasteiger partial charge in [-0.3, -0.25) is 23.7 Å². The Hall–Kier alpha value is -4.35. The van der Waals surface area contributed by atoms with Crippen LogP contribution in [0.3, 0.4) is 0 Å². The van der Waals surface area contributed by atoms with Crippen molar-refractivity contribution in [2.45, 2.75) is 49.1 Å². The largest absolute Gasteiger partial charge is 0.347 e. The van der Waals surface area contributed by atoms with Gasteiger partial charge < -0.3 is 19.5 Å². The van der Waals surface area contributed by atoms with E-state index in [1.54, 1.807) is 48.7 Å². The van der Waals surface area contributed by atoms with Gasteiger partial charge in [-0.25, -0.2) is 15.0 Å². The number of nitro groups is 1. The second kappa shape index (κ2) is 10.5. The number of benzene rings is 2. The van der Waals surface area contributed by atoms with Crippen molar-refractivity contribution < 1.29 is 36.5 Å². The third kappa shape index (κ3) is 5.21. The summed E-state index contributed by atoms with van der Waals surface area (Å²) in [5.41, 5.74) is 0.832. The fraction of sp³-hybridized carbons (Fsp3) is 0.308. The summed E-state index contributed by atoms with van der Waals surface area (Å²) in [7, 11) is -4.27. The highest BCUT2D eigenvalue weighted by Gasteiger charge is 2.56. The number of imidazole rings is 1. The van der Waals surface area contributed by atoms with Gasteiger partial charge in [0.15, 0.2) is 29.0 Å². The van der Waals surface area contributed by atoms with E-state index >= 15 is 0 Å². The van der Waals surface area contributed by atoms with E-state index in [1.807, 2.05) is 0 Å². The van der Waals surface area contributed by atoms with Gasteiger partial charge in [0.2, 0.25) is 0 Å². The van der Waals surface area contributed by atoms with Crippen molar-refractivity contribution >= 4 is 38.7 Å². The van der Waals surface area contributed by atoms with Gasteiger partial charge >= 0.3 is 0 Å². The first-order valence-electron chi connectivity index (χ1n) is 12.7. The smallest absolute Gasteiger partial charge is 0.297 e. The van der Waals surface area contributed by atoms with Gasteiger partial charge in [0.1, 0.15) is 24.6 Å². The molecule has 42 heavy (non-hydrogen) atoms. The van der Waals surface area contributed by atoms with Crippen molar-refractivity contribution in [3.63, 3.8) is 0 Å². The molecule has 2 aromatic heterocycles. The first kappa shape index (κ1) is 27.8. The topological polar surface area (TPSA) is 187 Å². The third-order valence-corrected chi connectivity index (χ3v) is 8.05. The number of carbonyl (C=O) groups excluding carboxylic acids is 1. The standard InChI is InChI=1S/C26H24N6O9S/c1-26(2)40-20-18(12-38-42(36,37)17-10-8-16(9-11-17)32(34)35)39-25(21(20)41-26)31-14-29-19-22(27-13-28-23(19)31)30-24(33)15-6-4-3-5-7-15/h3-11,13-14,18,20-21,25H,12H2,1-2H3,(H,27,28,30,33)/t18-,20-,21-,25-/m1/s1. The number of non-ortho nitro benzene ring substituents is 1. The van der Waals surface area contributed by atoms with Gasteiger partial charge in [-0.15, -0.1) is 0 Å². The van der Waals surface area contributed by atoms with Crippen molar-refractivity contribution in [2.75, 3.05) is 11.9 Å². The zero-order chi connectivity index (χ0) is 29.6. The van der Waals surface area contributed by atoms with E-state index in [2.05, 4.69) is 20.3 Å². The van der Waals surface area contributed by atoms with Gasteiger partial charge in [-0.05, 0) is 38.1 Å². The van der Waals surface area contributed by atoms with E-state index in [9.17, 15) is 23.3 Å². The van der Waals surface area contributed by atoms with E-state index in [-0.39, 0.29) is 22.3 Å². The summed E-state index contributed by atoms with van der Waals surface area (Å²) < 4.78 is 50.9. The molecule has 4 heterocycles. The molecule has 0 radical (unpaired) electrons. The Labute approximate surface area is 238 Å². The van der Waals surface area contributed by atoms with Gasteiger partial charge in [0.25, 0.3) is 21.7 Å². The summed E-state index contributed by atoms with van der Waals surface area (Å²) in [4.78, 5) is 35.7. The first-order valence-corrected chi connectivity index (χ1v) is 14.1. The molecule has 6 rings (SSSR count). The lowest BCUT2D eigenvalue weighted by atomic mass is 10.1. The second-order valence-corrected chi connectivity index (χ2v) is 11.6. The van der Waals surface area contributed by atoms with Crippen molar-refractivity contribution in [1.29, 1.82) is 0 Å². The van der Waals surface area contributed by atoms with Gasteiger partial charge in [-0.2, -0.15) is 8.42 Å². The van der Waals surface area contributed by atoms with Crippen LogP contribution >= 0.6 is 0 Å². The summed E-state index contributed by atoms with van der Waals surface area (Å²) in [6.45, 7) is 3.02. The Morgan fingerprint density at radius 2 is 1.79 bits per heavy atom. The monoisotopic (exact) mass is 596 g/mol. The number of fused-ring (bicyclic) bond motifs is 2. The molecule has 2 fully saturated rings. The highest BCUT2D eigenvalue weighted by molar-refractivity contribution is 7.86. The Morgan fingerprint density at radius 3 is 2.50 bits per heavy atom. The summed E-state index contributed by atoms with van der Waals surface area (Å²) in [6, 6.07) is 13.0. The molecule has 2 aliphatic heterocycles. The maximum Gasteiger partial charge on any atom is 0.297 e. The van der Waals surface area contributed by atoms with Gasteiger partial charge in [0.05, 0.1) is 22.8 Å². The summed E-state index contributed by atoms with van der Waals surface area (Å²) in [5.74, 6) is -1.18. The van der Waals surface area contributed by atoms with Crippen LogP contribution in [0, 0.1) is 10.1 Å². The minimum atomic E-state index is -4.27. The molecule has 15 nitrogen and oxygen atoms in total. The van der Waals surface area contributed by atoms with Crippen molar-refractivity contribution in [2.24, 2.45) is 0 Å². The maximum absolute atomic E-state index is 12.8. The number of ether oxygens (including phenoxy) is 3. The van der Waals surface area contributed by atoms with Gasteiger partial charge in [0, 0.05) is 17.7 Å². The minimum Gasteiger partial charge on any atom is -0.347 e. The van der Waals surface area contributed by atoms with Crippen molar-refractivity contribution in [3.8, 4) is 0 Å². The van der Waals surface area contributed by atoms with Crippen LogP contribution in [0.15, 0.2) is 72.1 Å². The SMILES string of the molecule is CC1(C)O[C@@H]2[C@H](O1)[C@@H](COS(=O)(=O)c1ccc([N+](=O)[O-])cc1)O[C@H]2n1cnc2c(NC(=O)c3ccccc3)ncnc21. The summed E-state index contributed by atoms with van der Waals surface area (Å²) in [5, 5.41) is 13.7. The number of nitrogens with zero attached hydrogens (tertiary/aromatic N) is 5. The molecule has 1 N–H and O–H groups in total. The van der Waals surface area contributed by atoms with Crippen LogP contribution in [-0.2, 0) is 28.5 Å². The number of rotatable bonds is 8. The predicted molar refractivity (Wildman–Crippen MR) is 144 cm³/mol. The summed E-state index contributed by atoms with van der Waals surface area (Å²) in [6.07, 6.45) is -0.388. The molecular weight excluding hydrogens is 572 g/mol. The molecule has 0 bridgehead atoms. The zero-order valence-electron chi connectivity index (χ0n) is 22.2. The Balaban J connectivity index is 1.24. The Kier molecular flexibility index (Phi) is 6.94. The first-order chi connectivity index (χ1) is 20.0. The molecule has 0 spiro atoms. The van der Waals surface area contributed by atoms with Crippen LogP contribution in [0.1, 0.15) is 30.4 Å². The molecule has 2 aliphatic rings. The Morgan fingerprint density at radius 1 is 1.07 bits per heavy atom. The number of nitrogens with one attached hydrogen (secondary N) is 1. The molecule has 16 heteroatoms. The minimum absolute atomic E-state index is 0.195.